The van der Waals surface area contributed by atoms with Crippen molar-refractivity contribution in [2.45, 2.75) is 388 Å². The molecule has 9 atom stereocenters. The maximum Gasteiger partial charge on any atom is 0.200 e. The second-order valence-corrected chi connectivity index (χ2v) is 38.6. The first-order valence-electron chi connectivity index (χ1n) is 46.6. The molecule has 0 aliphatic heterocycles. The average Bonchev–Trinajstić information content (AvgIpc) is 1.33. The molecule has 8 bridgehead atoms. The van der Waals surface area contributed by atoms with E-state index in [0.29, 0.717) is 46.5 Å². The van der Waals surface area contributed by atoms with Gasteiger partial charge in [-0.05, 0) is 343 Å². The van der Waals surface area contributed by atoms with Gasteiger partial charge in [-0.2, -0.15) is 0 Å². The second kappa shape index (κ2) is 41.5. The fourth-order valence-electron chi connectivity index (χ4n) is 23.8. The Hall–Kier alpha value is -4.08. The molecule has 17 rings (SSSR count). The first kappa shape index (κ1) is 84.3. The molecular weight excluding hydrogens is 1340 g/mol. The summed E-state index contributed by atoms with van der Waals surface area (Å²) in [4.78, 5) is 0. The van der Waals surface area contributed by atoms with Gasteiger partial charge in [-0.15, -0.1) is 0 Å². The van der Waals surface area contributed by atoms with Crippen LogP contribution in [0.4, 0.5) is 0 Å². The molecule has 9 unspecified atom stereocenters. The molecule has 12 fully saturated rings. The van der Waals surface area contributed by atoms with E-state index in [4.69, 9.17) is 37.9 Å². The van der Waals surface area contributed by atoms with Gasteiger partial charge in [0.1, 0.15) is 23.0 Å². The SMILES string of the molecule is CCC(C)c1ccc(OC(CC(C2CCCCC2)C2CCCCC2)OCC2CCCCC2)cc1.CCCOC(CC12CC3CC(CC(C3)C1)C2)Oc1ccc2c(c1)CC(C)C2C.CCOC(CC12CCC(CC1)C2)Oc1ccc(C(C)CC)cc1.CCOC(CC12CCC(CC1)CC2)Oc1ccc(C(C)CC)cc1. The van der Waals surface area contributed by atoms with Crippen LogP contribution in [0.2, 0.25) is 0 Å². The zero-order valence-electron chi connectivity index (χ0n) is 71.1. The van der Waals surface area contributed by atoms with E-state index in [0.717, 1.165) is 134 Å². The van der Waals surface area contributed by atoms with Gasteiger partial charge in [-0.25, -0.2) is 0 Å². The lowest BCUT2D eigenvalue weighted by Gasteiger charge is -2.57. The third kappa shape index (κ3) is 23.8. The molecule has 0 heterocycles. The van der Waals surface area contributed by atoms with Gasteiger partial charge in [0.25, 0.3) is 0 Å². The van der Waals surface area contributed by atoms with Crippen molar-refractivity contribution < 1.29 is 37.9 Å². The Balaban J connectivity index is 0.000000137. The number of hydrogen-bond acceptors (Lipinski definition) is 8. The van der Waals surface area contributed by atoms with Gasteiger partial charge < -0.3 is 37.9 Å². The fourth-order valence-corrected chi connectivity index (χ4v) is 23.8. The predicted octanol–water partition coefficient (Wildman–Crippen LogP) is 28.6. The Bertz CT molecular complexity index is 3150. The minimum atomic E-state index is -0.0981. The predicted molar refractivity (Wildman–Crippen MR) is 451 cm³/mol. The fraction of sp³-hybridized carbons (Fsp3) is 0.762. The van der Waals surface area contributed by atoms with Gasteiger partial charge in [0, 0.05) is 38.9 Å². The summed E-state index contributed by atoms with van der Waals surface area (Å²) < 4.78 is 50.5. The van der Waals surface area contributed by atoms with Crippen LogP contribution in [0.15, 0.2) is 91.0 Å². The highest BCUT2D eigenvalue weighted by molar-refractivity contribution is 5.42. The minimum absolute atomic E-state index is 0.0782. The van der Waals surface area contributed by atoms with E-state index < -0.39 is 0 Å². The first-order valence-corrected chi connectivity index (χ1v) is 46.6. The van der Waals surface area contributed by atoms with E-state index in [1.165, 1.54) is 259 Å². The van der Waals surface area contributed by atoms with Crippen molar-refractivity contribution in [2.24, 2.45) is 75.4 Å². The number of fused-ring (bicyclic) bond motifs is 6. The highest BCUT2D eigenvalue weighted by Gasteiger charge is 2.52. The van der Waals surface area contributed by atoms with Gasteiger partial charge >= 0.3 is 0 Å². The lowest BCUT2D eigenvalue weighted by atomic mass is 9.49. The lowest BCUT2D eigenvalue weighted by Crippen LogP contribution is -2.48. The molecule has 8 nitrogen and oxygen atoms in total. The summed E-state index contributed by atoms with van der Waals surface area (Å²) in [5.74, 6) is 15.4. The molecular formula is C101H156O8. The van der Waals surface area contributed by atoms with Crippen LogP contribution in [0.1, 0.15) is 384 Å². The summed E-state index contributed by atoms with van der Waals surface area (Å²) in [5, 5.41) is 0. The first-order chi connectivity index (χ1) is 53.0. The molecule has 109 heavy (non-hydrogen) atoms. The zero-order chi connectivity index (χ0) is 76.2. The van der Waals surface area contributed by atoms with Crippen molar-refractivity contribution in [3.8, 4) is 23.0 Å². The topological polar surface area (TPSA) is 73.8 Å². The summed E-state index contributed by atoms with van der Waals surface area (Å²) in [6.07, 6.45) is 55.0. The van der Waals surface area contributed by atoms with Crippen LogP contribution in [0.25, 0.3) is 0 Å². The van der Waals surface area contributed by atoms with E-state index in [1.807, 2.05) is 0 Å². The maximum absolute atomic E-state index is 6.67. The number of ether oxygens (including phenoxy) is 8. The molecule has 8 heteroatoms. The zero-order valence-corrected chi connectivity index (χ0v) is 71.1. The van der Waals surface area contributed by atoms with Crippen LogP contribution in [0.3, 0.4) is 0 Å². The van der Waals surface area contributed by atoms with E-state index in [1.54, 1.807) is 0 Å². The van der Waals surface area contributed by atoms with Crippen LogP contribution < -0.4 is 18.9 Å². The average molecular weight is 1500 g/mol. The molecule has 13 aliphatic carbocycles. The van der Waals surface area contributed by atoms with Crippen LogP contribution in [0, 0.1) is 75.4 Å². The van der Waals surface area contributed by atoms with Gasteiger partial charge in [-0.3, -0.25) is 0 Å². The van der Waals surface area contributed by atoms with Gasteiger partial charge in [-0.1, -0.05) is 188 Å². The smallest absolute Gasteiger partial charge is 0.200 e. The van der Waals surface area contributed by atoms with Crippen molar-refractivity contribution >= 4 is 0 Å². The van der Waals surface area contributed by atoms with E-state index >= 15 is 0 Å². The standard InChI is InChI=1S/C32H52O2.C26H38O2.C22H34O2.C21H32O2/c1-3-25(2)27-19-21-30(22-20-27)34-32(33-24-26-13-7-4-8-14-26)23-31(28-15-9-5-10-16-28)29-17-11-6-12-18-29;1-4-7-27-25(16-26-13-19-9-20(14-26)11-21(10-19)15-26)28-23-5-6-24-18(3)17(2)8-22(24)12-23;1-4-17(3)19-6-8-20(9-7-19)24-21(23-5-2)16-22-13-10-18(11-14-22)12-15-22;1-4-16(3)18-6-8-19(9-7-18)23-20(22-5-2)15-21-12-10-17(14-21)11-13-21/h19-22,25-26,28-29,31-32H,3-18,23-24H2,1-2H3;5-6,12,17-21,25H,4,7-11,13-16H2,1-3H3;6-9,17-18,21H,4-5,10-16H2,1-3H3;6-9,16-17,20H,4-5,10-15H2,1-3H3. The number of hydrogen-bond donors (Lipinski definition) is 0. The van der Waals surface area contributed by atoms with Crippen LogP contribution in [0.5, 0.6) is 23.0 Å². The van der Waals surface area contributed by atoms with Crippen LogP contribution in [-0.4, -0.2) is 51.6 Å². The molecule has 0 saturated heterocycles. The molecule has 4 aromatic carbocycles. The highest BCUT2D eigenvalue weighted by Crippen LogP contribution is 2.62. The third-order valence-corrected chi connectivity index (χ3v) is 30.8. The number of benzene rings is 4. The summed E-state index contributed by atoms with van der Waals surface area (Å²) >= 11 is 0. The lowest BCUT2D eigenvalue weighted by molar-refractivity contribution is -0.142. The Morgan fingerprint density at radius 2 is 0.780 bits per heavy atom. The Morgan fingerprint density at radius 3 is 1.22 bits per heavy atom. The molecule has 608 valence electrons. The molecule has 0 aromatic heterocycles. The Kier molecular flexibility index (Phi) is 32.1. The molecule has 0 amide bonds. The van der Waals surface area contributed by atoms with Gasteiger partial charge in [0.2, 0.25) is 0 Å². The third-order valence-electron chi connectivity index (χ3n) is 30.8. The quantitative estimate of drug-likeness (QED) is 0.0428. The number of rotatable bonds is 34. The van der Waals surface area contributed by atoms with Crippen molar-refractivity contribution in [1.82, 2.24) is 0 Å². The van der Waals surface area contributed by atoms with E-state index in [2.05, 4.69) is 167 Å². The van der Waals surface area contributed by atoms with E-state index in [-0.39, 0.29) is 25.2 Å². The molecule has 0 N–H and O–H groups in total. The normalized spacial score (nSPS) is 29.6. The van der Waals surface area contributed by atoms with Crippen LogP contribution >= 0.6 is 0 Å². The summed E-state index contributed by atoms with van der Waals surface area (Å²) in [5.41, 5.74) is 8.67. The maximum atomic E-state index is 6.67. The van der Waals surface area contributed by atoms with Crippen molar-refractivity contribution in [3.05, 3.63) is 119 Å². The largest absolute Gasteiger partial charge is 0.465 e. The molecule has 13 aliphatic rings. The molecule has 0 radical (unpaired) electrons. The monoisotopic (exact) mass is 1500 g/mol. The minimum Gasteiger partial charge on any atom is -0.465 e. The van der Waals surface area contributed by atoms with Gasteiger partial charge in [0.05, 0.1) is 13.2 Å². The molecule has 12 saturated carbocycles. The highest BCUT2D eigenvalue weighted by atomic mass is 16.7. The summed E-state index contributed by atoms with van der Waals surface area (Å²) in [6.45, 7) is 27.8. The Morgan fingerprint density at radius 1 is 0.385 bits per heavy atom. The van der Waals surface area contributed by atoms with Crippen molar-refractivity contribution in [2.75, 3.05) is 26.4 Å². The van der Waals surface area contributed by atoms with Crippen molar-refractivity contribution in [3.63, 3.8) is 0 Å². The van der Waals surface area contributed by atoms with Crippen LogP contribution in [-0.2, 0) is 25.4 Å². The second-order valence-electron chi connectivity index (χ2n) is 38.6. The Labute approximate surface area is 666 Å². The van der Waals surface area contributed by atoms with Gasteiger partial charge in [0.15, 0.2) is 25.2 Å². The summed E-state index contributed by atoms with van der Waals surface area (Å²) in [7, 11) is 0. The van der Waals surface area contributed by atoms with E-state index in [9.17, 15) is 0 Å². The molecule has 0 spiro atoms. The summed E-state index contributed by atoms with van der Waals surface area (Å²) in [6, 6.07) is 33.0. The molecule has 4 aromatic rings. The van der Waals surface area contributed by atoms with Crippen molar-refractivity contribution in [1.29, 1.82) is 0 Å².